The van der Waals surface area contributed by atoms with Crippen molar-refractivity contribution in [1.29, 1.82) is 0 Å². The molecule has 19 heavy (non-hydrogen) atoms. The van der Waals surface area contributed by atoms with E-state index in [2.05, 4.69) is 10.3 Å². The third kappa shape index (κ3) is 3.28. The molecule has 1 unspecified atom stereocenters. The first-order valence-electron chi connectivity index (χ1n) is 5.88. The molecule has 0 spiro atoms. The largest absolute Gasteiger partial charge is 0.508 e. The van der Waals surface area contributed by atoms with E-state index >= 15 is 0 Å². The van der Waals surface area contributed by atoms with Gasteiger partial charge in [-0.25, -0.2) is 4.98 Å². The van der Waals surface area contributed by atoms with Crippen molar-refractivity contribution < 1.29 is 14.9 Å². The van der Waals surface area contributed by atoms with E-state index in [0.29, 0.717) is 5.88 Å². The van der Waals surface area contributed by atoms with E-state index in [-0.39, 0.29) is 17.5 Å². The Kier molecular flexibility index (Phi) is 3.75. The first-order valence-corrected chi connectivity index (χ1v) is 5.88. The van der Waals surface area contributed by atoms with Crippen LogP contribution in [0.15, 0.2) is 36.5 Å². The van der Waals surface area contributed by atoms with Gasteiger partial charge in [0, 0.05) is 18.2 Å². The van der Waals surface area contributed by atoms with Gasteiger partial charge in [0.05, 0.1) is 19.0 Å². The molecule has 0 radical (unpaired) electrons. The molecule has 0 bridgehead atoms. The van der Waals surface area contributed by atoms with Crippen LogP contribution in [-0.2, 0) is 0 Å². The van der Waals surface area contributed by atoms with Crippen molar-refractivity contribution in [1.82, 2.24) is 4.98 Å². The lowest BCUT2D eigenvalue weighted by atomic mass is 10.1. The summed E-state index contributed by atoms with van der Waals surface area (Å²) in [4.78, 5) is 4.10. The molecule has 2 aromatic rings. The lowest BCUT2D eigenvalue weighted by Crippen LogP contribution is -2.06. The number of rotatable bonds is 4. The van der Waals surface area contributed by atoms with E-state index in [1.54, 1.807) is 31.5 Å². The Morgan fingerprint density at radius 1 is 1.16 bits per heavy atom. The summed E-state index contributed by atoms with van der Waals surface area (Å²) in [7, 11) is 1.56. The van der Waals surface area contributed by atoms with Gasteiger partial charge >= 0.3 is 0 Å². The number of hydrogen-bond donors (Lipinski definition) is 3. The second-order valence-corrected chi connectivity index (χ2v) is 4.24. The molecule has 1 aromatic carbocycles. The molecule has 0 fully saturated rings. The predicted molar refractivity (Wildman–Crippen MR) is 72.6 cm³/mol. The van der Waals surface area contributed by atoms with Crippen LogP contribution in [0.1, 0.15) is 18.5 Å². The molecular formula is C14H16N2O3. The molecule has 5 nitrogen and oxygen atoms in total. The number of benzene rings is 1. The number of anilines is 1. The van der Waals surface area contributed by atoms with Crippen molar-refractivity contribution >= 4 is 5.69 Å². The smallest absolute Gasteiger partial charge is 0.213 e. The van der Waals surface area contributed by atoms with Crippen LogP contribution in [0.4, 0.5) is 5.69 Å². The quantitative estimate of drug-likeness (QED) is 0.788. The molecule has 0 aliphatic rings. The Labute approximate surface area is 111 Å². The van der Waals surface area contributed by atoms with Crippen LogP contribution < -0.4 is 10.1 Å². The molecule has 0 saturated carbocycles. The molecule has 1 heterocycles. The van der Waals surface area contributed by atoms with E-state index < -0.39 is 0 Å². The van der Waals surface area contributed by atoms with Gasteiger partial charge in [-0.15, -0.1) is 0 Å². The third-order valence-corrected chi connectivity index (χ3v) is 2.75. The Morgan fingerprint density at radius 3 is 2.37 bits per heavy atom. The Hall–Kier alpha value is -2.43. The van der Waals surface area contributed by atoms with Crippen LogP contribution in [0.25, 0.3) is 0 Å². The normalized spacial score (nSPS) is 11.9. The highest BCUT2D eigenvalue weighted by Crippen LogP contribution is 2.27. The van der Waals surface area contributed by atoms with Crippen molar-refractivity contribution in [3.8, 4) is 17.4 Å². The van der Waals surface area contributed by atoms with Gasteiger partial charge in [0.1, 0.15) is 11.5 Å². The predicted octanol–water partition coefficient (Wildman–Crippen LogP) is 2.67. The standard InChI is InChI=1S/C14H16N2O3/c1-9(10-5-12(17)7-13(18)6-10)16-11-3-4-14(19-2)15-8-11/h3-9,16-18H,1-2H3. The van der Waals surface area contributed by atoms with Gasteiger partial charge in [0.25, 0.3) is 0 Å². The SMILES string of the molecule is COc1ccc(NC(C)c2cc(O)cc(O)c2)cn1. The number of hydrogen-bond acceptors (Lipinski definition) is 5. The molecule has 0 amide bonds. The number of nitrogens with zero attached hydrogens (tertiary/aromatic N) is 1. The first-order chi connectivity index (χ1) is 9.08. The van der Waals surface area contributed by atoms with Crippen molar-refractivity contribution in [2.45, 2.75) is 13.0 Å². The maximum Gasteiger partial charge on any atom is 0.213 e. The minimum atomic E-state index is -0.0757. The second-order valence-electron chi connectivity index (χ2n) is 4.24. The zero-order valence-electron chi connectivity index (χ0n) is 10.8. The van der Waals surface area contributed by atoms with Crippen LogP contribution in [-0.4, -0.2) is 22.3 Å². The fourth-order valence-corrected chi connectivity index (χ4v) is 1.79. The zero-order chi connectivity index (χ0) is 13.8. The van der Waals surface area contributed by atoms with Crippen molar-refractivity contribution in [3.05, 3.63) is 42.1 Å². The van der Waals surface area contributed by atoms with Gasteiger partial charge in [0.15, 0.2) is 0 Å². The lowest BCUT2D eigenvalue weighted by Gasteiger charge is -2.16. The first kappa shape index (κ1) is 13.0. The van der Waals surface area contributed by atoms with Gasteiger partial charge < -0.3 is 20.3 Å². The fourth-order valence-electron chi connectivity index (χ4n) is 1.79. The summed E-state index contributed by atoms with van der Waals surface area (Å²) in [6, 6.07) is 8.04. The van der Waals surface area contributed by atoms with Crippen LogP contribution >= 0.6 is 0 Å². The Balaban J connectivity index is 2.13. The number of aromatic nitrogens is 1. The average molecular weight is 260 g/mol. The van der Waals surface area contributed by atoms with E-state index in [0.717, 1.165) is 11.3 Å². The summed E-state index contributed by atoms with van der Waals surface area (Å²) in [6.45, 7) is 1.93. The molecule has 3 N–H and O–H groups in total. The number of ether oxygens (including phenoxy) is 1. The number of nitrogens with one attached hydrogen (secondary N) is 1. The summed E-state index contributed by atoms with van der Waals surface area (Å²) < 4.78 is 4.99. The second kappa shape index (κ2) is 5.48. The molecular weight excluding hydrogens is 244 g/mol. The van der Waals surface area contributed by atoms with E-state index in [1.807, 2.05) is 13.0 Å². The van der Waals surface area contributed by atoms with E-state index in [9.17, 15) is 10.2 Å². The van der Waals surface area contributed by atoms with Crippen molar-refractivity contribution in [2.24, 2.45) is 0 Å². The molecule has 2 rings (SSSR count). The number of phenols is 2. The Bertz CT molecular complexity index is 535. The highest BCUT2D eigenvalue weighted by molar-refractivity contribution is 5.46. The molecule has 100 valence electrons. The lowest BCUT2D eigenvalue weighted by molar-refractivity contribution is 0.398. The molecule has 1 atom stereocenters. The molecule has 0 saturated heterocycles. The van der Waals surface area contributed by atoms with Crippen LogP contribution in [0, 0.1) is 0 Å². The molecule has 0 aliphatic carbocycles. The summed E-state index contributed by atoms with van der Waals surface area (Å²) in [5.74, 6) is 0.626. The fraction of sp³-hybridized carbons (Fsp3) is 0.214. The van der Waals surface area contributed by atoms with Gasteiger partial charge in [0.2, 0.25) is 5.88 Å². The van der Waals surface area contributed by atoms with Gasteiger partial charge in [-0.2, -0.15) is 0 Å². The van der Waals surface area contributed by atoms with Crippen LogP contribution in [0.3, 0.4) is 0 Å². The average Bonchev–Trinajstić information content (AvgIpc) is 2.38. The summed E-state index contributed by atoms with van der Waals surface area (Å²) in [6.07, 6.45) is 1.66. The minimum Gasteiger partial charge on any atom is -0.508 e. The van der Waals surface area contributed by atoms with Crippen LogP contribution in [0.5, 0.6) is 17.4 Å². The van der Waals surface area contributed by atoms with Gasteiger partial charge in [-0.05, 0) is 30.7 Å². The topological polar surface area (TPSA) is 74.6 Å². The number of aromatic hydroxyl groups is 2. The maximum atomic E-state index is 9.46. The third-order valence-electron chi connectivity index (χ3n) is 2.75. The monoisotopic (exact) mass is 260 g/mol. The molecule has 1 aromatic heterocycles. The highest BCUT2D eigenvalue weighted by atomic mass is 16.5. The highest BCUT2D eigenvalue weighted by Gasteiger charge is 2.08. The van der Waals surface area contributed by atoms with Gasteiger partial charge in [-0.1, -0.05) is 0 Å². The van der Waals surface area contributed by atoms with Crippen molar-refractivity contribution in [2.75, 3.05) is 12.4 Å². The minimum absolute atomic E-state index is 0.0384. The van der Waals surface area contributed by atoms with Crippen LogP contribution in [0.2, 0.25) is 0 Å². The maximum absolute atomic E-state index is 9.46. The van der Waals surface area contributed by atoms with Gasteiger partial charge in [-0.3, -0.25) is 0 Å². The number of phenolic OH excluding ortho intramolecular Hbond substituents is 2. The molecule has 5 heteroatoms. The number of pyridine rings is 1. The zero-order valence-corrected chi connectivity index (χ0v) is 10.8. The van der Waals surface area contributed by atoms with E-state index in [1.165, 1.54) is 6.07 Å². The Morgan fingerprint density at radius 2 is 1.84 bits per heavy atom. The summed E-state index contributed by atoms with van der Waals surface area (Å²) in [5, 5.41) is 22.1. The molecule has 0 aliphatic heterocycles. The summed E-state index contributed by atoms with van der Waals surface area (Å²) >= 11 is 0. The summed E-state index contributed by atoms with van der Waals surface area (Å²) in [5.41, 5.74) is 1.62. The van der Waals surface area contributed by atoms with Crippen molar-refractivity contribution in [3.63, 3.8) is 0 Å². The number of methoxy groups -OCH3 is 1. The van der Waals surface area contributed by atoms with E-state index in [4.69, 9.17) is 4.74 Å².